The Labute approximate surface area is 153 Å². The van der Waals surface area contributed by atoms with Crippen molar-refractivity contribution in [3.63, 3.8) is 0 Å². The van der Waals surface area contributed by atoms with Gasteiger partial charge in [-0.25, -0.2) is 24.1 Å². The Morgan fingerprint density at radius 1 is 1.19 bits per heavy atom. The molecule has 0 aromatic carbocycles. The number of fused-ring (bicyclic) bond motifs is 1. The van der Waals surface area contributed by atoms with E-state index in [1.165, 1.54) is 12.7 Å². The molecule has 3 rings (SSSR count). The molecule has 1 aliphatic rings. The van der Waals surface area contributed by atoms with Crippen LogP contribution < -0.4 is 5.32 Å². The van der Waals surface area contributed by atoms with Crippen LogP contribution in [0.5, 0.6) is 0 Å². The predicted molar refractivity (Wildman–Crippen MR) is 91.5 cm³/mol. The van der Waals surface area contributed by atoms with Crippen LogP contribution in [0.25, 0.3) is 11.2 Å². The Hall–Kier alpha value is -1.43. The van der Waals surface area contributed by atoms with Crippen molar-refractivity contribution in [3.8, 4) is 0 Å². The number of nitrogens with one attached hydrogen (secondary N) is 1. The first-order valence-corrected chi connectivity index (χ1v) is 10.9. The fraction of sp³-hybridized carbons (Fsp3) is 0.583. The molecule has 2 heterocycles. The highest BCUT2D eigenvalue weighted by molar-refractivity contribution is 7.46. The van der Waals surface area contributed by atoms with Crippen LogP contribution in [-0.4, -0.2) is 58.9 Å². The van der Waals surface area contributed by atoms with Gasteiger partial charge in [0.15, 0.2) is 11.5 Å². The van der Waals surface area contributed by atoms with Gasteiger partial charge in [-0.05, 0) is 12.8 Å². The van der Waals surface area contributed by atoms with Gasteiger partial charge in [0.25, 0.3) is 0 Å². The first-order chi connectivity index (χ1) is 12.6. The van der Waals surface area contributed by atoms with Gasteiger partial charge >= 0.3 is 15.6 Å². The second-order valence-corrected chi connectivity index (χ2v) is 8.53. The molecule has 0 spiro atoms. The molecule has 0 radical (unpaired) electrons. The van der Waals surface area contributed by atoms with Gasteiger partial charge < -0.3 is 29.5 Å². The highest BCUT2D eigenvalue weighted by Crippen LogP contribution is 2.48. The summed E-state index contributed by atoms with van der Waals surface area (Å²) in [6.45, 7) is -0.408. The van der Waals surface area contributed by atoms with Crippen molar-refractivity contribution in [2.24, 2.45) is 5.92 Å². The number of phosphoric ester groups is 2. The normalized spacial score (nSPS) is 23.8. The third-order valence-corrected chi connectivity index (χ3v) is 5.35. The van der Waals surface area contributed by atoms with Crippen LogP contribution in [0.2, 0.25) is 0 Å². The summed E-state index contributed by atoms with van der Waals surface area (Å²) in [6.07, 6.45) is 2.43. The molecule has 1 aliphatic carbocycles. The molecule has 27 heavy (non-hydrogen) atoms. The minimum atomic E-state index is -4.79. The van der Waals surface area contributed by atoms with Crippen LogP contribution in [-0.2, 0) is 18.2 Å². The number of hydrogen-bond acceptors (Lipinski definition) is 8. The molecule has 5 N–H and O–H groups in total. The van der Waals surface area contributed by atoms with Crippen molar-refractivity contribution in [2.75, 3.05) is 19.0 Å². The van der Waals surface area contributed by atoms with Gasteiger partial charge in [0.2, 0.25) is 0 Å². The van der Waals surface area contributed by atoms with Gasteiger partial charge in [-0.1, -0.05) is 0 Å². The molecule has 0 amide bonds. The Bertz CT molecular complexity index is 910. The average molecular weight is 423 g/mol. The summed E-state index contributed by atoms with van der Waals surface area (Å²) in [4.78, 5) is 48.6. The van der Waals surface area contributed by atoms with E-state index in [9.17, 15) is 9.13 Å². The van der Waals surface area contributed by atoms with E-state index in [4.69, 9.17) is 24.1 Å². The molecular formula is C12H19N5O8P2. The van der Waals surface area contributed by atoms with Crippen molar-refractivity contribution in [1.29, 1.82) is 0 Å². The molecule has 3 atom stereocenters. The smallest absolute Gasteiger partial charge is 0.371 e. The SMILES string of the molecule is CNc1ncnc2c1ncn2[C@@H]1C[C@H](COP(=O)(O)O)[C@@H](OP(=O)(O)O)C1. The number of hydrogen-bond donors (Lipinski definition) is 5. The molecule has 150 valence electrons. The fourth-order valence-electron chi connectivity index (χ4n) is 3.26. The van der Waals surface area contributed by atoms with Crippen LogP contribution in [0.15, 0.2) is 12.7 Å². The van der Waals surface area contributed by atoms with Crippen molar-refractivity contribution < 1.29 is 37.8 Å². The van der Waals surface area contributed by atoms with Gasteiger partial charge in [-0.15, -0.1) is 0 Å². The third-order valence-electron chi connectivity index (χ3n) is 4.32. The molecule has 2 aromatic rings. The molecule has 0 unspecified atom stereocenters. The maximum absolute atomic E-state index is 11.3. The molecule has 0 bridgehead atoms. The van der Waals surface area contributed by atoms with Crippen LogP contribution in [0.3, 0.4) is 0 Å². The van der Waals surface area contributed by atoms with E-state index in [-0.39, 0.29) is 12.5 Å². The number of rotatable bonds is 7. The Morgan fingerprint density at radius 2 is 1.93 bits per heavy atom. The summed E-state index contributed by atoms with van der Waals surface area (Å²) in [7, 11) is -7.82. The summed E-state index contributed by atoms with van der Waals surface area (Å²) in [5.74, 6) is -0.112. The zero-order valence-electron chi connectivity index (χ0n) is 14.1. The van der Waals surface area contributed by atoms with Gasteiger partial charge in [-0.2, -0.15) is 0 Å². The molecule has 13 nitrogen and oxygen atoms in total. The Kier molecular flexibility index (Phi) is 5.67. The molecule has 1 fully saturated rings. The standard InChI is InChI=1S/C12H19N5O8P2/c1-13-11-10-12(15-5-14-11)17(6-16-10)8-2-7(4-24-26(18,19)20)9(3-8)25-27(21,22)23/h5-9H,2-4H2,1H3,(H,13,14,15)(H2,18,19,20)(H2,21,22,23)/t7-,8-,9+/m1/s1. The topological polar surface area (TPSA) is 189 Å². The van der Waals surface area contributed by atoms with Crippen molar-refractivity contribution in [3.05, 3.63) is 12.7 Å². The zero-order valence-corrected chi connectivity index (χ0v) is 15.9. The van der Waals surface area contributed by atoms with Crippen molar-refractivity contribution >= 4 is 32.6 Å². The first kappa shape index (κ1) is 20.3. The molecular weight excluding hydrogens is 404 g/mol. The van der Waals surface area contributed by atoms with E-state index in [1.807, 2.05) is 0 Å². The van der Waals surface area contributed by atoms with Crippen molar-refractivity contribution in [1.82, 2.24) is 19.5 Å². The van der Waals surface area contributed by atoms with E-state index >= 15 is 0 Å². The summed E-state index contributed by atoms with van der Waals surface area (Å²) in [6, 6.07) is -0.309. The quantitative estimate of drug-likeness (QED) is 0.386. The second kappa shape index (κ2) is 7.53. The summed E-state index contributed by atoms with van der Waals surface area (Å²) in [5, 5.41) is 2.90. The predicted octanol–water partition coefficient (Wildman–Crippen LogP) is 0.406. The number of anilines is 1. The lowest BCUT2D eigenvalue weighted by Crippen LogP contribution is -2.21. The van der Waals surface area contributed by atoms with E-state index in [2.05, 4.69) is 24.8 Å². The van der Waals surface area contributed by atoms with E-state index in [0.29, 0.717) is 23.4 Å². The number of nitrogens with zero attached hydrogens (tertiary/aromatic N) is 4. The lowest BCUT2D eigenvalue weighted by molar-refractivity contribution is 0.0738. The van der Waals surface area contributed by atoms with Crippen LogP contribution >= 0.6 is 15.6 Å². The first-order valence-electron chi connectivity index (χ1n) is 7.86. The zero-order chi connectivity index (χ0) is 19.8. The number of imidazole rings is 1. The van der Waals surface area contributed by atoms with E-state index < -0.39 is 34.3 Å². The molecule has 15 heteroatoms. The summed E-state index contributed by atoms with van der Waals surface area (Å²) >= 11 is 0. The lowest BCUT2D eigenvalue weighted by atomic mass is 10.1. The number of aromatic nitrogens is 4. The Morgan fingerprint density at radius 3 is 2.56 bits per heavy atom. The molecule has 0 saturated heterocycles. The lowest BCUT2D eigenvalue weighted by Gasteiger charge is -2.19. The molecule has 1 saturated carbocycles. The van der Waals surface area contributed by atoms with Crippen molar-refractivity contribution in [2.45, 2.75) is 25.0 Å². The average Bonchev–Trinajstić information content (AvgIpc) is 3.14. The molecule has 0 aliphatic heterocycles. The van der Waals surface area contributed by atoms with Gasteiger partial charge in [0.1, 0.15) is 11.8 Å². The summed E-state index contributed by atoms with van der Waals surface area (Å²) < 4.78 is 33.3. The maximum Gasteiger partial charge on any atom is 0.469 e. The van der Waals surface area contributed by atoms with Gasteiger partial charge in [0.05, 0.1) is 19.0 Å². The second-order valence-electron chi connectivity index (χ2n) is 6.10. The van der Waals surface area contributed by atoms with E-state index in [0.717, 1.165) is 0 Å². The van der Waals surface area contributed by atoms with Gasteiger partial charge in [-0.3, -0.25) is 9.05 Å². The van der Waals surface area contributed by atoms with Crippen LogP contribution in [0.1, 0.15) is 18.9 Å². The maximum atomic E-state index is 11.3. The fourth-order valence-corrected chi connectivity index (χ4v) is 4.26. The molecule has 2 aromatic heterocycles. The highest BCUT2D eigenvalue weighted by atomic mass is 31.2. The van der Waals surface area contributed by atoms with Crippen LogP contribution in [0.4, 0.5) is 5.82 Å². The number of phosphoric acid groups is 2. The minimum absolute atomic E-state index is 0.185. The van der Waals surface area contributed by atoms with E-state index in [1.54, 1.807) is 11.6 Å². The van der Waals surface area contributed by atoms with Gasteiger partial charge in [0, 0.05) is 19.0 Å². The summed E-state index contributed by atoms with van der Waals surface area (Å²) in [5.41, 5.74) is 1.05. The minimum Gasteiger partial charge on any atom is -0.371 e. The monoisotopic (exact) mass is 423 g/mol. The third kappa shape index (κ3) is 4.89. The Balaban J connectivity index is 1.86. The largest absolute Gasteiger partial charge is 0.469 e. The highest BCUT2D eigenvalue weighted by Gasteiger charge is 2.41. The van der Waals surface area contributed by atoms with Crippen LogP contribution in [0, 0.1) is 5.92 Å².